The molecule has 0 aliphatic heterocycles. The Morgan fingerprint density at radius 3 is 2.50 bits per heavy atom. The number of sulfonamides is 1. The van der Waals surface area contributed by atoms with E-state index in [1.807, 2.05) is 35.7 Å². The van der Waals surface area contributed by atoms with E-state index in [-0.39, 0.29) is 22.9 Å². The molecule has 3 N–H and O–H groups in total. The summed E-state index contributed by atoms with van der Waals surface area (Å²) in [7, 11) is -3.73. The van der Waals surface area contributed by atoms with Gasteiger partial charge in [-0.2, -0.15) is 0 Å². The number of hydrogen-bond donors (Lipinski definition) is 2. The van der Waals surface area contributed by atoms with Crippen LogP contribution in [0.3, 0.4) is 0 Å². The van der Waals surface area contributed by atoms with Gasteiger partial charge in [-0.1, -0.05) is 42.5 Å². The molecule has 2 aromatic heterocycles. The predicted molar refractivity (Wildman–Crippen MR) is 124 cm³/mol. The normalized spacial score (nSPS) is 11.5. The Morgan fingerprint density at radius 2 is 1.81 bits per heavy atom. The lowest BCUT2D eigenvalue weighted by atomic mass is 10.1. The number of thiophene rings is 1. The van der Waals surface area contributed by atoms with Gasteiger partial charge in [0.2, 0.25) is 15.9 Å². The molecular weight excluding hydrogens is 448 g/mol. The number of rotatable bonds is 7. The zero-order valence-corrected chi connectivity index (χ0v) is 18.5. The van der Waals surface area contributed by atoms with Gasteiger partial charge in [-0.3, -0.25) is 14.2 Å². The van der Waals surface area contributed by atoms with Crippen LogP contribution in [0.1, 0.15) is 5.56 Å². The Kier molecular flexibility index (Phi) is 6.17. The smallest absolute Gasteiger partial charge is 0.263 e. The van der Waals surface area contributed by atoms with Crippen molar-refractivity contribution in [2.45, 2.75) is 17.9 Å². The van der Waals surface area contributed by atoms with Crippen LogP contribution in [0.15, 0.2) is 76.0 Å². The molecule has 4 aromatic rings. The van der Waals surface area contributed by atoms with E-state index in [0.29, 0.717) is 23.2 Å². The van der Waals surface area contributed by atoms with Crippen LogP contribution >= 0.6 is 11.3 Å². The van der Waals surface area contributed by atoms with E-state index >= 15 is 0 Å². The Morgan fingerprint density at radius 1 is 1.09 bits per heavy atom. The molecule has 0 fully saturated rings. The van der Waals surface area contributed by atoms with E-state index in [9.17, 15) is 18.0 Å². The van der Waals surface area contributed by atoms with E-state index < -0.39 is 10.0 Å². The van der Waals surface area contributed by atoms with Crippen LogP contribution in [0.4, 0.5) is 0 Å². The molecule has 10 heteroatoms. The van der Waals surface area contributed by atoms with Gasteiger partial charge in [0.25, 0.3) is 5.56 Å². The van der Waals surface area contributed by atoms with Crippen molar-refractivity contribution < 1.29 is 13.2 Å². The zero-order chi connectivity index (χ0) is 22.7. The average molecular weight is 469 g/mol. The third kappa shape index (κ3) is 4.77. The van der Waals surface area contributed by atoms with Crippen LogP contribution in [0.2, 0.25) is 0 Å². The second-order valence-electron chi connectivity index (χ2n) is 7.16. The van der Waals surface area contributed by atoms with Gasteiger partial charge < -0.3 is 5.32 Å². The molecule has 0 spiro atoms. The highest BCUT2D eigenvalue weighted by molar-refractivity contribution is 7.89. The molecule has 0 unspecified atom stereocenters. The molecule has 0 aliphatic carbocycles. The van der Waals surface area contributed by atoms with Gasteiger partial charge in [-0.25, -0.2) is 18.5 Å². The highest BCUT2D eigenvalue weighted by atomic mass is 32.2. The molecule has 0 aliphatic rings. The number of primary sulfonamides is 1. The summed E-state index contributed by atoms with van der Waals surface area (Å²) < 4.78 is 23.9. The minimum absolute atomic E-state index is 0.0378. The van der Waals surface area contributed by atoms with Crippen molar-refractivity contribution in [1.29, 1.82) is 0 Å². The zero-order valence-electron chi connectivity index (χ0n) is 16.9. The fourth-order valence-electron chi connectivity index (χ4n) is 3.31. The monoisotopic (exact) mass is 468 g/mol. The number of nitrogens with one attached hydrogen (secondary N) is 1. The molecule has 0 radical (unpaired) electrons. The Balaban J connectivity index is 1.43. The summed E-state index contributed by atoms with van der Waals surface area (Å²) in [5.41, 5.74) is 2.32. The van der Waals surface area contributed by atoms with Crippen LogP contribution in [0.25, 0.3) is 21.3 Å². The lowest BCUT2D eigenvalue weighted by Gasteiger charge is -2.08. The molecular formula is C22H20N4O4S2. The lowest BCUT2D eigenvalue weighted by Crippen LogP contribution is -2.33. The maximum absolute atomic E-state index is 13.0. The van der Waals surface area contributed by atoms with E-state index in [0.717, 1.165) is 16.7 Å². The van der Waals surface area contributed by atoms with Gasteiger partial charge in [-0.15, -0.1) is 11.3 Å². The number of nitrogens with zero attached hydrogens (tertiary/aromatic N) is 2. The molecule has 0 bridgehead atoms. The lowest BCUT2D eigenvalue weighted by molar-refractivity contribution is -0.121. The first kappa shape index (κ1) is 21.9. The van der Waals surface area contributed by atoms with Crippen molar-refractivity contribution >= 4 is 37.5 Å². The maximum Gasteiger partial charge on any atom is 0.263 e. The van der Waals surface area contributed by atoms with E-state index in [1.165, 1.54) is 34.4 Å². The third-order valence-corrected chi connectivity index (χ3v) is 6.76. The Labute approximate surface area is 188 Å². The van der Waals surface area contributed by atoms with Gasteiger partial charge in [0.05, 0.1) is 16.6 Å². The largest absolute Gasteiger partial charge is 0.354 e. The van der Waals surface area contributed by atoms with Gasteiger partial charge >= 0.3 is 0 Å². The fraction of sp³-hybridized carbons (Fsp3) is 0.136. The van der Waals surface area contributed by atoms with Crippen molar-refractivity contribution in [3.63, 3.8) is 0 Å². The minimum Gasteiger partial charge on any atom is -0.354 e. The summed E-state index contributed by atoms with van der Waals surface area (Å²) in [4.78, 5) is 30.4. The number of aromatic nitrogens is 2. The minimum atomic E-state index is -3.73. The van der Waals surface area contributed by atoms with Crippen molar-refractivity contribution in [2.24, 2.45) is 5.14 Å². The molecule has 164 valence electrons. The SMILES string of the molecule is NS(=O)(=O)c1ccc(CCNC(=O)Cn2cnc3scc(-c4ccccc4)c3c2=O)cc1. The molecule has 32 heavy (non-hydrogen) atoms. The maximum atomic E-state index is 13.0. The summed E-state index contributed by atoms with van der Waals surface area (Å²) in [5, 5.41) is 10.3. The van der Waals surface area contributed by atoms with E-state index in [4.69, 9.17) is 5.14 Å². The summed E-state index contributed by atoms with van der Waals surface area (Å²) in [5.74, 6) is -0.314. The highest BCUT2D eigenvalue weighted by Crippen LogP contribution is 2.30. The van der Waals surface area contributed by atoms with Crippen molar-refractivity contribution in [1.82, 2.24) is 14.9 Å². The molecule has 0 saturated heterocycles. The number of carbonyl (C=O) groups excluding carboxylic acids is 1. The van der Waals surface area contributed by atoms with Crippen LogP contribution in [0, 0.1) is 0 Å². The first-order valence-corrected chi connectivity index (χ1v) is 12.2. The fourth-order valence-corrected chi connectivity index (χ4v) is 4.73. The second-order valence-corrected chi connectivity index (χ2v) is 9.58. The van der Waals surface area contributed by atoms with Crippen LogP contribution in [-0.4, -0.2) is 30.4 Å². The number of carbonyl (C=O) groups is 1. The number of hydrogen-bond acceptors (Lipinski definition) is 6. The Bertz CT molecular complexity index is 1430. The summed E-state index contributed by atoms with van der Waals surface area (Å²) >= 11 is 1.39. The van der Waals surface area contributed by atoms with E-state index in [2.05, 4.69) is 10.3 Å². The summed E-state index contributed by atoms with van der Waals surface area (Å²) in [6, 6.07) is 15.7. The number of fused-ring (bicyclic) bond motifs is 1. The summed E-state index contributed by atoms with van der Waals surface area (Å²) in [6.45, 7) is 0.196. The highest BCUT2D eigenvalue weighted by Gasteiger charge is 2.14. The van der Waals surface area contributed by atoms with E-state index in [1.54, 1.807) is 12.1 Å². The molecule has 1 amide bonds. The second kappa shape index (κ2) is 9.03. The first-order chi connectivity index (χ1) is 15.3. The molecule has 8 nitrogen and oxygen atoms in total. The first-order valence-electron chi connectivity index (χ1n) is 9.73. The topological polar surface area (TPSA) is 124 Å². The third-order valence-electron chi connectivity index (χ3n) is 4.95. The summed E-state index contributed by atoms with van der Waals surface area (Å²) in [6.07, 6.45) is 1.90. The van der Waals surface area contributed by atoms with Crippen LogP contribution in [-0.2, 0) is 27.8 Å². The van der Waals surface area contributed by atoms with Gasteiger partial charge in [0.1, 0.15) is 11.4 Å². The van der Waals surface area contributed by atoms with Crippen molar-refractivity contribution in [3.05, 3.63) is 82.2 Å². The van der Waals surface area contributed by atoms with Crippen molar-refractivity contribution in [2.75, 3.05) is 6.54 Å². The Hall–Kier alpha value is -3.34. The molecule has 2 heterocycles. The van der Waals surface area contributed by atoms with Crippen LogP contribution in [0.5, 0.6) is 0 Å². The molecule has 4 rings (SSSR count). The average Bonchev–Trinajstić information content (AvgIpc) is 3.21. The quantitative estimate of drug-likeness (QED) is 0.430. The molecule has 0 atom stereocenters. The predicted octanol–water partition coefficient (Wildman–Crippen LogP) is 2.13. The molecule has 2 aromatic carbocycles. The van der Waals surface area contributed by atoms with Crippen molar-refractivity contribution in [3.8, 4) is 11.1 Å². The number of nitrogens with two attached hydrogens (primary N) is 1. The number of amides is 1. The van der Waals surface area contributed by atoms with Gasteiger partial charge in [-0.05, 0) is 29.7 Å². The van der Waals surface area contributed by atoms with Gasteiger partial charge in [0, 0.05) is 17.5 Å². The molecule has 0 saturated carbocycles. The number of benzene rings is 2. The van der Waals surface area contributed by atoms with Gasteiger partial charge in [0.15, 0.2) is 0 Å². The standard InChI is InChI=1S/C22H20N4O4S2/c23-32(29,30)17-8-6-15(7-9-17)10-11-24-19(27)12-26-14-25-21-20(22(26)28)18(13-31-21)16-4-2-1-3-5-16/h1-9,13-14H,10-12H2,(H,24,27)(H2,23,29,30). The van der Waals surface area contributed by atoms with Crippen LogP contribution < -0.4 is 16.0 Å².